The van der Waals surface area contributed by atoms with Gasteiger partial charge in [-0.05, 0) is 46.7 Å². The molecule has 1 saturated heterocycles. The lowest BCUT2D eigenvalue weighted by molar-refractivity contribution is -0.0230. The number of ether oxygens (including phenoxy) is 2. The highest BCUT2D eigenvalue weighted by atomic mass is 16.5. The zero-order chi connectivity index (χ0) is 17.9. The molecule has 1 aliphatic rings. The van der Waals surface area contributed by atoms with Crippen molar-refractivity contribution in [1.29, 1.82) is 0 Å². The van der Waals surface area contributed by atoms with Crippen LogP contribution in [0.15, 0.2) is 54.7 Å². The van der Waals surface area contributed by atoms with Gasteiger partial charge in [-0.2, -0.15) is 5.10 Å². The topological polar surface area (TPSA) is 64.5 Å². The Labute approximate surface area is 151 Å². The van der Waals surface area contributed by atoms with Gasteiger partial charge in [-0.1, -0.05) is 18.2 Å². The Kier molecular flexibility index (Phi) is 4.50. The first-order valence-electron chi connectivity index (χ1n) is 8.51. The summed E-state index contributed by atoms with van der Waals surface area (Å²) in [6.45, 7) is 1.55. The first kappa shape index (κ1) is 16.5. The minimum Gasteiger partial charge on any atom is -0.497 e. The van der Waals surface area contributed by atoms with Gasteiger partial charge in [-0.15, -0.1) is 5.10 Å². The Hall–Kier alpha value is -2.99. The second-order valence-electron chi connectivity index (χ2n) is 6.19. The highest BCUT2D eigenvalue weighted by molar-refractivity contribution is 5.92. The fourth-order valence-corrected chi connectivity index (χ4v) is 3.18. The molecule has 0 bridgehead atoms. The van der Waals surface area contributed by atoms with E-state index in [2.05, 4.69) is 22.3 Å². The Morgan fingerprint density at radius 2 is 2.04 bits per heavy atom. The number of amides is 1. The first-order chi connectivity index (χ1) is 12.7. The van der Waals surface area contributed by atoms with Crippen molar-refractivity contribution in [2.75, 3.05) is 26.8 Å². The van der Waals surface area contributed by atoms with Gasteiger partial charge in [-0.3, -0.25) is 4.79 Å². The molecule has 2 heterocycles. The number of methoxy groups -OCH3 is 1. The molecule has 1 aliphatic heterocycles. The van der Waals surface area contributed by atoms with Crippen LogP contribution in [0.3, 0.4) is 0 Å². The third kappa shape index (κ3) is 3.23. The van der Waals surface area contributed by atoms with E-state index in [4.69, 9.17) is 9.47 Å². The molecular weight excluding hydrogens is 330 g/mol. The normalized spacial score (nSPS) is 17.3. The predicted octanol–water partition coefficient (Wildman–Crippen LogP) is 2.85. The third-order valence-corrected chi connectivity index (χ3v) is 4.59. The van der Waals surface area contributed by atoms with Gasteiger partial charge in [0.1, 0.15) is 11.9 Å². The van der Waals surface area contributed by atoms with Crippen LogP contribution in [0.25, 0.3) is 10.8 Å². The summed E-state index contributed by atoms with van der Waals surface area (Å²) < 4.78 is 11.2. The van der Waals surface area contributed by atoms with E-state index in [-0.39, 0.29) is 12.0 Å². The summed E-state index contributed by atoms with van der Waals surface area (Å²) in [5, 5.41) is 9.92. The van der Waals surface area contributed by atoms with Crippen LogP contribution < -0.4 is 4.74 Å². The van der Waals surface area contributed by atoms with E-state index in [0.29, 0.717) is 25.4 Å². The van der Waals surface area contributed by atoms with Crippen LogP contribution in [0.5, 0.6) is 5.75 Å². The second kappa shape index (κ2) is 7.09. The zero-order valence-corrected chi connectivity index (χ0v) is 14.5. The maximum Gasteiger partial charge on any atom is 0.274 e. The monoisotopic (exact) mass is 349 g/mol. The smallest absolute Gasteiger partial charge is 0.274 e. The third-order valence-electron chi connectivity index (χ3n) is 4.59. The van der Waals surface area contributed by atoms with Gasteiger partial charge >= 0.3 is 0 Å². The number of rotatable bonds is 3. The van der Waals surface area contributed by atoms with Crippen LogP contribution in [0.2, 0.25) is 0 Å². The summed E-state index contributed by atoms with van der Waals surface area (Å²) in [7, 11) is 1.66. The molecular formula is C20H19N3O3. The standard InChI is InChI=1S/C20H19N3O3/c1-25-17-7-6-14-11-16(5-4-15(14)12-17)19-13-23(9-10-26-19)20(24)18-3-2-8-21-22-18/h2-8,11-12,19H,9-10,13H2,1H3/t19-/m1/s1. The lowest BCUT2D eigenvalue weighted by atomic mass is 10.0. The minimum absolute atomic E-state index is 0.114. The Morgan fingerprint density at radius 1 is 1.19 bits per heavy atom. The molecule has 0 unspecified atom stereocenters. The Morgan fingerprint density at radius 3 is 2.85 bits per heavy atom. The molecule has 132 valence electrons. The van der Waals surface area contributed by atoms with Crippen molar-refractivity contribution in [2.24, 2.45) is 0 Å². The average molecular weight is 349 g/mol. The zero-order valence-electron chi connectivity index (χ0n) is 14.5. The van der Waals surface area contributed by atoms with E-state index >= 15 is 0 Å². The highest BCUT2D eigenvalue weighted by Crippen LogP contribution is 2.28. The van der Waals surface area contributed by atoms with Crippen molar-refractivity contribution in [3.05, 3.63) is 66.0 Å². The number of carbonyl (C=O) groups excluding carboxylic acids is 1. The van der Waals surface area contributed by atoms with Crippen molar-refractivity contribution >= 4 is 16.7 Å². The maximum absolute atomic E-state index is 12.6. The van der Waals surface area contributed by atoms with Crippen LogP contribution >= 0.6 is 0 Å². The Balaban J connectivity index is 1.56. The number of nitrogens with zero attached hydrogens (tertiary/aromatic N) is 3. The number of aromatic nitrogens is 2. The molecule has 6 heteroatoms. The molecule has 2 aromatic carbocycles. The van der Waals surface area contributed by atoms with Gasteiger partial charge in [0.2, 0.25) is 0 Å². The summed E-state index contributed by atoms with van der Waals surface area (Å²) in [5.74, 6) is 0.719. The molecule has 4 rings (SSSR count). The van der Waals surface area contributed by atoms with E-state index in [0.717, 1.165) is 22.1 Å². The molecule has 1 aromatic heterocycles. The number of benzene rings is 2. The summed E-state index contributed by atoms with van der Waals surface area (Å²) in [6.07, 6.45) is 1.40. The molecule has 0 saturated carbocycles. The Bertz CT molecular complexity index is 930. The van der Waals surface area contributed by atoms with Crippen LogP contribution in [-0.2, 0) is 4.74 Å². The minimum atomic E-state index is -0.157. The number of carbonyl (C=O) groups is 1. The van der Waals surface area contributed by atoms with Crippen LogP contribution in [0.4, 0.5) is 0 Å². The van der Waals surface area contributed by atoms with Gasteiger partial charge in [-0.25, -0.2) is 0 Å². The van der Waals surface area contributed by atoms with Gasteiger partial charge in [0.15, 0.2) is 5.69 Å². The SMILES string of the molecule is COc1ccc2cc([C@H]3CN(C(=O)c4cccnn4)CCO3)ccc2c1. The fraction of sp³-hybridized carbons (Fsp3) is 0.250. The maximum atomic E-state index is 12.6. The number of fused-ring (bicyclic) bond motifs is 1. The lowest BCUT2D eigenvalue weighted by Gasteiger charge is -2.33. The van der Waals surface area contributed by atoms with E-state index in [1.807, 2.05) is 24.3 Å². The quantitative estimate of drug-likeness (QED) is 0.727. The number of hydrogen-bond donors (Lipinski definition) is 0. The summed E-state index contributed by atoms with van der Waals surface area (Å²) >= 11 is 0. The summed E-state index contributed by atoms with van der Waals surface area (Å²) in [6, 6.07) is 15.6. The molecule has 6 nitrogen and oxygen atoms in total. The molecule has 1 atom stereocenters. The van der Waals surface area contributed by atoms with Crippen molar-refractivity contribution in [3.63, 3.8) is 0 Å². The largest absolute Gasteiger partial charge is 0.497 e. The van der Waals surface area contributed by atoms with Crippen LogP contribution in [0, 0.1) is 0 Å². The number of morpholine rings is 1. The fourth-order valence-electron chi connectivity index (χ4n) is 3.18. The van der Waals surface area contributed by atoms with E-state index < -0.39 is 0 Å². The van der Waals surface area contributed by atoms with E-state index in [9.17, 15) is 4.79 Å². The number of hydrogen-bond acceptors (Lipinski definition) is 5. The summed E-state index contributed by atoms with van der Waals surface area (Å²) in [4.78, 5) is 14.4. The molecule has 1 amide bonds. The van der Waals surface area contributed by atoms with Crippen LogP contribution in [-0.4, -0.2) is 47.8 Å². The molecule has 0 spiro atoms. The van der Waals surface area contributed by atoms with E-state index in [1.165, 1.54) is 0 Å². The first-order valence-corrected chi connectivity index (χ1v) is 8.51. The van der Waals surface area contributed by atoms with Crippen molar-refractivity contribution in [1.82, 2.24) is 15.1 Å². The van der Waals surface area contributed by atoms with Gasteiger partial charge in [0, 0.05) is 12.7 Å². The van der Waals surface area contributed by atoms with Gasteiger partial charge in [0.25, 0.3) is 5.91 Å². The molecule has 26 heavy (non-hydrogen) atoms. The lowest BCUT2D eigenvalue weighted by Crippen LogP contribution is -2.42. The molecule has 1 fully saturated rings. The molecule has 0 radical (unpaired) electrons. The average Bonchev–Trinajstić information content (AvgIpc) is 2.73. The molecule has 0 N–H and O–H groups in total. The van der Waals surface area contributed by atoms with Crippen molar-refractivity contribution < 1.29 is 14.3 Å². The second-order valence-corrected chi connectivity index (χ2v) is 6.19. The highest BCUT2D eigenvalue weighted by Gasteiger charge is 2.27. The molecule has 0 aliphatic carbocycles. The van der Waals surface area contributed by atoms with Crippen molar-refractivity contribution in [3.8, 4) is 5.75 Å². The van der Waals surface area contributed by atoms with Gasteiger partial charge in [0.05, 0.1) is 20.3 Å². The van der Waals surface area contributed by atoms with E-state index in [1.54, 1.807) is 30.3 Å². The van der Waals surface area contributed by atoms with Gasteiger partial charge < -0.3 is 14.4 Å². The predicted molar refractivity (Wildman–Crippen MR) is 97.1 cm³/mol. The van der Waals surface area contributed by atoms with Crippen LogP contribution in [0.1, 0.15) is 22.2 Å². The summed E-state index contributed by atoms with van der Waals surface area (Å²) in [5.41, 5.74) is 1.41. The van der Waals surface area contributed by atoms with Crippen molar-refractivity contribution in [2.45, 2.75) is 6.10 Å². The molecule has 3 aromatic rings.